The number of benzene rings is 1. The van der Waals surface area contributed by atoms with Gasteiger partial charge in [0.1, 0.15) is 6.61 Å². The minimum Gasteiger partial charge on any atom is -0.437 e. The fourth-order valence-corrected chi connectivity index (χ4v) is 1.95. The molecule has 0 saturated carbocycles. The number of hydrogen-bond donors (Lipinski definition) is 1. The summed E-state index contributed by atoms with van der Waals surface area (Å²) in [6.45, 7) is 1.00. The van der Waals surface area contributed by atoms with E-state index < -0.39 is 17.5 Å². The number of hydrogen-bond acceptors (Lipinski definition) is 8. The molecular weight excluding hydrogens is 356 g/mol. The lowest BCUT2D eigenvalue weighted by atomic mass is 10.2. The fourth-order valence-electron chi connectivity index (χ4n) is 1.66. The number of aliphatic hydroxyl groups excluding tert-OH is 1. The molecule has 0 amide bonds. The lowest BCUT2D eigenvalue weighted by Gasteiger charge is -2.34. The summed E-state index contributed by atoms with van der Waals surface area (Å²) in [6, 6.07) is 9.17. The number of halogens is 1. The van der Waals surface area contributed by atoms with E-state index in [4.69, 9.17) is 45.4 Å². The first-order chi connectivity index (χ1) is 12.0. The van der Waals surface area contributed by atoms with Gasteiger partial charge in [-0.05, 0) is 5.56 Å². The van der Waals surface area contributed by atoms with Gasteiger partial charge in [-0.15, -0.1) is 0 Å². The van der Waals surface area contributed by atoms with Crippen LogP contribution in [0.2, 0.25) is 0 Å². The number of rotatable bonds is 13. The monoisotopic (exact) mass is 378 g/mol. The lowest BCUT2D eigenvalue weighted by Crippen LogP contribution is -2.50. The number of methoxy groups -OCH3 is 1. The third kappa shape index (κ3) is 8.10. The molecule has 9 heteroatoms. The van der Waals surface area contributed by atoms with Crippen molar-refractivity contribution >= 4 is 17.6 Å². The maximum Gasteiger partial charge on any atom is 0.365 e. The Kier molecular flexibility index (Phi) is 10.6. The third-order valence-electron chi connectivity index (χ3n) is 2.77. The summed E-state index contributed by atoms with van der Waals surface area (Å²) in [5, 5.41) is 8.84. The van der Waals surface area contributed by atoms with Crippen LogP contribution in [0.3, 0.4) is 0 Å². The van der Waals surface area contributed by atoms with Gasteiger partial charge in [0.05, 0.1) is 26.4 Å². The second-order valence-electron chi connectivity index (χ2n) is 4.77. The van der Waals surface area contributed by atoms with Crippen LogP contribution in [0.4, 0.5) is 0 Å². The first-order valence-electron chi connectivity index (χ1n) is 7.57. The van der Waals surface area contributed by atoms with Gasteiger partial charge in [-0.1, -0.05) is 41.9 Å². The van der Waals surface area contributed by atoms with E-state index in [1.54, 1.807) is 0 Å². The summed E-state index contributed by atoms with van der Waals surface area (Å²) >= 11 is 6.12. The van der Waals surface area contributed by atoms with E-state index in [2.05, 4.69) is 0 Å². The molecule has 0 aliphatic heterocycles. The van der Waals surface area contributed by atoms with Gasteiger partial charge >= 0.3 is 11.9 Å². The standard InChI is InChI=1S/C16H23ClO8/c1-13(19)24-15(17)16(21-11-10-20-2,25-23-9-8-18)22-12-14-6-4-3-5-7-14/h3-7,15,18H,8-12H2,1-2H3. The van der Waals surface area contributed by atoms with Crippen molar-refractivity contribution in [3.05, 3.63) is 35.9 Å². The van der Waals surface area contributed by atoms with Crippen LogP contribution in [0.5, 0.6) is 0 Å². The van der Waals surface area contributed by atoms with Gasteiger partial charge < -0.3 is 24.1 Å². The Morgan fingerprint density at radius 2 is 1.92 bits per heavy atom. The van der Waals surface area contributed by atoms with E-state index in [1.165, 1.54) is 14.0 Å². The number of carbonyl (C=O) groups is 1. The highest BCUT2D eigenvalue weighted by Gasteiger charge is 2.47. The first-order valence-corrected chi connectivity index (χ1v) is 8.01. The fraction of sp³-hybridized carbons (Fsp3) is 0.562. The van der Waals surface area contributed by atoms with Crippen molar-refractivity contribution < 1.29 is 38.6 Å². The Hall–Kier alpha value is -1.26. The summed E-state index contributed by atoms with van der Waals surface area (Å²) in [5.41, 5.74) is -0.663. The average Bonchev–Trinajstić information content (AvgIpc) is 2.60. The topological polar surface area (TPSA) is 92.7 Å². The minimum absolute atomic E-state index is 0.0261. The van der Waals surface area contributed by atoms with Crippen LogP contribution in [0, 0.1) is 0 Å². The van der Waals surface area contributed by atoms with Crippen molar-refractivity contribution in [1.82, 2.24) is 0 Å². The summed E-state index contributed by atoms with van der Waals surface area (Å²) in [6.07, 6.45) is 0. The lowest BCUT2D eigenvalue weighted by molar-refractivity contribution is -0.521. The van der Waals surface area contributed by atoms with Crippen LogP contribution in [-0.4, -0.2) is 56.1 Å². The smallest absolute Gasteiger partial charge is 0.365 e. The summed E-state index contributed by atoms with van der Waals surface area (Å²) in [5.74, 6) is -2.70. The van der Waals surface area contributed by atoms with Gasteiger partial charge in [-0.3, -0.25) is 4.79 Å². The highest BCUT2D eigenvalue weighted by Crippen LogP contribution is 2.28. The summed E-state index contributed by atoms with van der Waals surface area (Å²) < 4.78 is 21.0. The van der Waals surface area contributed by atoms with Crippen molar-refractivity contribution in [2.45, 2.75) is 25.1 Å². The van der Waals surface area contributed by atoms with Gasteiger partial charge in [-0.2, -0.15) is 4.89 Å². The van der Waals surface area contributed by atoms with Crippen LogP contribution < -0.4 is 0 Å². The molecule has 0 fully saturated rings. The van der Waals surface area contributed by atoms with E-state index >= 15 is 0 Å². The van der Waals surface area contributed by atoms with E-state index in [9.17, 15) is 4.79 Å². The third-order valence-corrected chi connectivity index (χ3v) is 3.13. The number of carbonyl (C=O) groups excluding carboxylic acids is 1. The zero-order chi connectivity index (χ0) is 18.5. The average molecular weight is 379 g/mol. The Labute approximate surface area is 151 Å². The molecule has 2 unspecified atom stereocenters. The Morgan fingerprint density at radius 1 is 1.20 bits per heavy atom. The molecule has 2 atom stereocenters. The highest BCUT2D eigenvalue weighted by atomic mass is 35.5. The molecule has 142 valence electrons. The van der Waals surface area contributed by atoms with Crippen LogP contribution in [-0.2, 0) is 40.1 Å². The molecule has 0 aromatic heterocycles. The number of aliphatic hydroxyl groups is 1. The molecule has 0 spiro atoms. The van der Waals surface area contributed by atoms with E-state index in [0.29, 0.717) is 0 Å². The predicted octanol–water partition coefficient (Wildman–Crippen LogP) is 1.59. The molecule has 0 radical (unpaired) electrons. The maximum absolute atomic E-state index is 11.3. The Bertz CT molecular complexity index is 474. The summed E-state index contributed by atoms with van der Waals surface area (Å²) in [7, 11) is 1.49. The number of ether oxygens (including phenoxy) is 4. The predicted molar refractivity (Wildman–Crippen MR) is 87.3 cm³/mol. The minimum atomic E-state index is -2.04. The van der Waals surface area contributed by atoms with Gasteiger partial charge in [0, 0.05) is 14.0 Å². The van der Waals surface area contributed by atoms with Gasteiger partial charge in [0.15, 0.2) is 0 Å². The van der Waals surface area contributed by atoms with Crippen molar-refractivity contribution in [2.75, 3.05) is 33.5 Å². The van der Waals surface area contributed by atoms with Crippen LogP contribution in [0.15, 0.2) is 30.3 Å². The zero-order valence-corrected chi connectivity index (χ0v) is 14.9. The van der Waals surface area contributed by atoms with Crippen molar-refractivity contribution in [1.29, 1.82) is 0 Å². The van der Waals surface area contributed by atoms with Gasteiger partial charge in [0.2, 0.25) is 0 Å². The quantitative estimate of drug-likeness (QED) is 0.138. The molecule has 0 saturated heterocycles. The maximum atomic E-state index is 11.3. The molecule has 0 bridgehead atoms. The number of alkyl halides is 1. The Balaban J connectivity index is 2.91. The molecule has 1 N–H and O–H groups in total. The van der Waals surface area contributed by atoms with E-state index in [1.807, 2.05) is 30.3 Å². The van der Waals surface area contributed by atoms with Crippen LogP contribution in [0.25, 0.3) is 0 Å². The molecule has 0 aliphatic rings. The number of esters is 1. The van der Waals surface area contributed by atoms with Crippen molar-refractivity contribution in [2.24, 2.45) is 0 Å². The van der Waals surface area contributed by atoms with Crippen molar-refractivity contribution in [3.8, 4) is 0 Å². The van der Waals surface area contributed by atoms with E-state index in [0.717, 1.165) is 5.56 Å². The summed E-state index contributed by atoms with van der Waals surface area (Å²) in [4.78, 5) is 21.2. The molecule has 8 nitrogen and oxygen atoms in total. The molecule has 1 rings (SSSR count). The largest absolute Gasteiger partial charge is 0.437 e. The van der Waals surface area contributed by atoms with Gasteiger partial charge in [-0.25, -0.2) is 4.89 Å². The zero-order valence-electron chi connectivity index (χ0n) is 14.2. The molecular formula is C16H23ClO8. The molecule has 1 aromatic carbocycles. The van der Waals surface area contributed by atoms with Crippen molar-refractivity contribution in [3.63, 3.8) is 0 Å². The Morgan fingerprint density at radius 3 is 2.52 bits per heavy atom. The second-order valence-corrected chi connectivity index (χ2v) is 5.17. The normalized spacial score (nSPS) is 14.7. The van der Waals surface area contributed by atoms with Gasteiger partial charge in [0.25, 0.3) is 5.56 Å². The van der Waals surface area contributed by atoms with Crippen LogP contribution >= 0.6 is 11.6 Å². The van der Waals surface area contributed by atoms with E-state index in [-0.39, 0.29) is 33.0 Å². The molecule has 1 aromatic rings. The van der Waals surface area contributed by atoms with Crippen LogP contribution in [0.1, 0.15) is 12.5 Å². The SMILES string of the molecule is COCCOC(OCc1ccccc1)(OOCCO)C(Cl)OC(C)=O. The molecule has 25 heavy (non-hydrogen) atoms. The molecule has 0 heterocycles. The highest BCUT2D eigenvalue weighted by molar-refractivity contribution is 6.20. The first kappa shape index (κ1) is 21.8. The second kappa shape index (κ2) is 12.2. The molecule has 0 aliphatic carbocycles.